The molecule has 0 atom stereocenters. The van der Waals surface area contributed by atoms with E-state index in [1.807, 2.05) is 30.9 Å². The van der Waals surface area contributed by atoms with Crippen molar-refractivity contribution in [1.29, 1.82) is 0 Å². The van der Waals surface area contributed by atoms with Crippen LogP contribution in [0.2, 0.25) is 0 Å². The van der Waals surface area contributed by atoms with Gasteiger partial charge in [-0.2, -0.15) is 15.0 Å². The molecule has 5 rings (SSSR count). The monoisotopic (exact) mass is 533 g/mol. The molecule has 2 aliphatic heterocycles. The fraction of sp³-hybridized carbons (Fsp3) is 0.385. The van der Waals surface area contributed by atoms with Gasteiger partial charge < -0.3 is 35.2 Å². The Labute approximate surface area is 226 Å². The van der Waals surface area contributed by atoms with Crippen LogP contribution in [-0.2, 0) is 4.74 Å². The van der Waals surface area contributed by atoms with E-state index in [0.29, 0.717) is 62.5 Å². The molecular formula is C26H31N9O4. The van der Waals surface area contributed by atoms with Gasteiger partial charge in [-0.1, -0.05) is 0 Å². The number of morpholine rings is 1. The van der Waals surface area contributed by atoms with Gasteiger partial charge in [0.05, 0.1) is 26.3 Å². The van der Waals surface area contributed by atoms with Crippen LogP contribution in [0.15, 0.2) is 48.8 Å². The molecule has 13 heteroatoms. The molecular weight excluding hydrogens is 502 g/mol. The van der Waals surface area contributed by atoms with Crippen molar-refractivity contribution in [2.45, 2.75) is 26.0 Å². The number of nitrogens with zero attached hydrogens (tertiary/aromatic N) is 6. The zero-order valence-corrected chi connectivity index (χ0v) is 21.8. The molecule has 0 spiro atoms. The molecule has 0 radical (unpaired) electrons. The van der Waals surface area contributed by atoms with Crippen LogP contribution in [0.5, 0.6) is 6.01 Å². The minimum atomic E-state index is -0.365. The van der Waals surface area contributed by atoms with Crippen LogP contribution in [-0.4, -0.2) is 88.4 Å². The lowest BCUT2D eigenvalue weighted by atomic mass is 10.2. The summed E-state index contributed by atoms with van der Waals surface area (Å²) in [6.45, 7) is 7.23. The number of benzene rings is 1. The summed E-state index contributed by atoms with van der Waals surface area (Å²) in [5.74, 6) is 0.953. The molecule has 39 heavy (non-hydrogen) atoms. The lowest BCUT2D eigenvalue weighted by Crippen LogP contribution is -2.59. The van der Waals surface area contributed by atoms with Crippen molar-refractivity contribution in [3.63, 3.8) is 0 Å². The molecule has 13 nitrogen and oxygen atoms in total. The van der Waals surface area contributed by atoms with Crippen molar-refractivity contribution in [3.8, 4) is 17.4 Å². The smallest absolute Gasteiger partial charge is 0.323 e. The highest BCUT2D eigenvalue weighted by molar-refractivity contribution is 5.99. The van der Waals surface area contributed by atoms with Crippen LogP contribution in [0, 0.1) is 0 Å². The van der Waals surface area contributed by atoms with Crippen molar-refractivity contribution in [2.75, 3.05) is 54.9 Å². The normalized spacial score (nSPS) is 15.5. The molecule has 2 aliphatic rings. The first-order valence-corrected chi connectivity index (χ1v) is 12.8. The minimum absolute atomic E-state index is 0.0667. The lowest BCUT2D eigenvalue weighted by Gasteiger charge is -2.38. The summed E-state index contributed by atoms with van der Waals surface area (Å²) in [5, 5.41) is 8.43. The summed E-state index contributed by atoms with van der Waals surface area (Å²) in [6, 6.07) is 10.4. The Morgan fingerprint density at radius 1 is 0.949 bits per heavy atom. The predicted molar refractivity (Wildman–Crippen MR) is 145 cm³/mol. The van der Waals surface area contributed by atoms with E-state index in [2.05, 4.69) is 35.9 Å². The Balaban J connectivity index is 1.28. The fourth-order valence-electron chi connectivity index (χ4n) is 4.03. The molecule has 3 N–H and O–H groups in total. The number of amides is 4. The second kappa shape index (κ2) is 11.9. The Morgan fingerprint density at radius 2 is 1.62 bits per heavy atom. The van der Waals surface area contributed by atoms with Gasteiger partial charge in [0.1, 0.15) is 6.10 Å². The molecule has 204 valence electrons. The first-order chi connectivity index (χ1) is 18.9. The third-order valence-electron chi connectivity index (χ3n) is 6.06. The molecule has 4 heterocycles. The number of pyridine rings is 1. The van der Waals surface area contributed by atoms with Gasteiger partial charge in [-0.15, -0.1) is 0 Å². The minimum Gasteiger partial charge on any atom is -0.456 e. The maximum absolute atomic E-state index is 12.3. The quantitative estimate of drug-likeness (QED) is 0.417. The second-order valence-corrected chi connectivity index (χ2v) is 9.48. The summed E-state index contributed by atoms with van der Waals surface area (Å²) in [6.07, 6.45) is 3.00. The number of ether oxygens (including phenoxy) is 2. The Hall–Kier alpha value is -4.52. The lowest BCUT2D eigenvalue weighted by molar-refractivity contribution is 0.0374. The number of urea groups is 2. The number of hydrogen-bond acceptors (Lipinski definition) is 9. The number of rotatable bonds is 7. The van der Waals surface area contributed by atoms with Gasteiger partial charge >= 0.3 is 18.1 Å². The molecule has 2 fully saturated rings. The van der Waals surface area contributed by atoms with E-state index in [1.165, 1.54) is 0 Å². The van der Waals surface area contributed by atoms with Gasteiger partial charge in [0, 0.05) is 48.5 Å². The van der Waals surface area contributed by atoms with Crippen molar-refractivity contribution < 1.29 is 19.1 Å². The van der Waals surface area contributed by atoms with Crippen molar-refractivity contribution >= 4 is 29.4 Å². The van der Waals surface area contributed by atoms with Crippen LogP contribution in [0.3, 0.4) is 0 Å². The molecule has 1 aromatic carbocycles. The summed E-state index contributed by atoms with van der Waals surface area (Å²) < 4.78 is 11.5. The topological polar surface area (TPSA) is 147 Å². The van der Waals surface area contributed by atoms with E-state index in [1.54, 1.807) is 41.6 Å². The number of likely N-dealkylation sites (tertiary alicyclic amines) is 1. The Morgan fingerprint density at radius 3 is 2.28 bits per heavy atom. The maximum Gasteiger partial charge on any atom is 0.323 e. The first kappa shape index (κ1) is 26.1. The molecule has 2 aromatic heterocycles. The molecule has 0 saturated carbocycles. The molecule has 0 unspecified atom stereocenters. The van der Waals surface area contributed by atoms with Gasteiger partial charge in [0.25, 0.3) is 0 Å². The molecule has 4 amide bonds. The van der Waals surface area contributed by atoms with Gasteiger partial charge in [-0.25, -0.2) is 9.59 Å². The summed E-state index contributed by atoms with van der Waals surface area (Å²) in [4.78, 5) is 46.0. The van der Waals surface area contributed by atoms with E-state index in [9.17, 15) is 9.59 Å². The van der Waals surface area contributed by atoms with Crippen LogP contribution in [0.1, 0.15) is 13.8 Å². The largest absolute Gasteiger partial charge is 0.456 e. The summed E-state index contributed by atoms with van der Waals surface area (Å²) >= 11 is 0. The third kappa shape index (κ3) is 6.87. The number of carbonyl (C=O) groups is 2. The molecule has 2 saturated heterocycles. The van der Waals surface area contributed by atoms with Crippen LogP contribution < -0.4 is 25.6 Å². The molecule has 3 aromatic rings. The number of hydrogen-bond donors (Lipinski definition) is 3. The van der Waals surface area contributed by atoms with E-state index >= 15 is 0 Å². The van der Waals surface area contributed by atoms with E-state index in [4.69, 9.17) is 9.47 Å². The average molecular weight is 534 g/mol. The van der Waals surface area contributed by atoms with E-state index < -0.39 is 0 Å². The van der Waals surface area contributed by atoms with Gasteiger partial charge in [-0.3, -0.25) is 4.98 Å². The van der Waals surface area contributed by atoms with Crippen LogP contribution >= 0.6 is 0 Å². The van der Waals surface area contributed by atoms with Crippen molar-refractivity contribution in [2.24, 2.45) is 0 Å². The predicted octanol–water partition coefficient (Wildman–Crippen LogP) is 2.60. The highest BCUT2D eigenvalue weighted by Crippen LogP contribution is 2.24. The highest BCUT2D eigenvalue weighted by Gasteiger charge is 2.33. The van der Waals surface area contributed by atoms with Gasteiger partial charge in [0.15, 0.2) is 5.82 Å². The SMILES string of the molecule is CC(C)NC(=O)N1CC(Oc2nc(-c3ccc(NC(=O)Nc4ccncc4)cc3)nc(N3CCOCC3)n2)C1. The van der Waals surface area contributed by atoms with Crippen LogP contribution in [0.4, 0.5) is 26.9 Å². The van der Waals surface area contributed by atoms with Crippen LogP contribution in [0.25, 0.3) is 11.4 Å². The number of carbonyl (C=O) groups excluding carboxylic acids is 2. The van der Waals surface area contributed by atoms with Crippen molar-refractivity contribution in [1.82, 2.24) is 30.2 Å². The van der Waals surface area contributed by atoms with Gasteiger partial charge in [-0.05, 0) is 50.2 Å². The van der Waals surface area contributed by atoms with Gasteiger partial charge in [0.2, 0.25) is 5.95 Å². The second-order valence-electron chi connectivity index (χ2n) is 9.48. The highest BCUT2D eigenvalue weighted by atomic mass is 16.5. The zero-order chi connectivity index (χ0) is 27.2. The third-order valence-corrected chi connectivity index (χ3v) is 6.06. The Bertz CT molecular complexity index is 1280. The number of aromatic nitrogens is 4. The first-order valence-electron chi connectivity index (χ1n) is 12.8. The fourth-order valence-corrected chi connectivity index (χ4v) is 4.03. The number of anilines is 3. The summed E-state index contributed by atoms with van der Waals surface area (Å²) in [7, 11) is 0. The number of nitrogens with one attached hydrogen (secondary N) is 3. The van der Waals surface area contributed by atoms with Crippen molar-refractivity contribution in [3.05, 3.63) is 48.8 Å². The van der Waals surface area contributed by atoms with E-state index in [0.717, 1.165) is 5.56 Å². The average Bonchev–Trinajstić information content (AvgIpc) is 2.91. The molecule has 0 bridgehead atoms. The maximum atomic E-state index is 12.3. The molecule has 0 aliphatic carbocycles. The van der Waals surface area contributed by atoms with E-state index in [-0.39, 0.29) is 30.2 Å². The Kier molecular flexibility index (Phi) is 7.96. The summed E-state index contributed by atoms with van der Waals surface area (Å²) in [5.41, 5.74) is 1.99. The zero-order valence-electron chi connectivity index (χ0n) is 21.8. The standard InChI is InChI=1S/C26H31N9O4/c1-17(2)28-26(37)35-15-21(16-35)39-25-32-22(31-23(33-25)34-11-13-38-14-12-34)18-3-5-19(6-4-18)29-24(36)30-20-7-9-27-10-8-20/h3-10,17,21H,11-16H2,1-2H3,(H,28,37)(H2,27,29,30,36).